The van der Waals surface area contributed by atoms with E-state index in [1.807, 2.05) is 6.07 Å². The van der Waals surface area contributed by atoms with Crippen molar-refractivity contribution in [3.05, 3.63) is 29.0 Å². The Morgan fingerprint density at radius 2 is 2.00 bits per heavy atom. The van der Waals surface area contributed by atoms with Gasteiger partial charge in [0.15, 0.2) is 0 Å². The van der Waals surface area contributed by atoms with Crippen LogP contribution in [-0.4, -0.2) is 4.98 Å². The van der Waals surface area contributed by atoms with E-state index in [4.69, 9.17) is 11.6 Å². The molecule has 1 aromatic rings. The predicted molar refractivity (Wildman–Crippen MR) is 57.2 cm³/mol. The number of hydrogen-bond acceptors (Lipinski definition) is 1. The third kappa shape index (κ3) is 2.22. The molecule has 1 nitrogen and oxygen atoms in total. The minimum Gasteiger partial charge on any atom is -0.245 e. The van der Waals surface area contributed by atoms with Crippen LogP contribution in [-0.2, 0) is 5.41 Å². The topological polar surface area (TPSA) is 12.9 Å². The van der Waals surface area contributed by atoms with Crippen LogP contribution in [0.5, 0.6) is 0 Å². The standard InChI is InChI=1S/C11H16ClN/c1-4-11(3,5-2)9-6-7-13-10(12)8-9/h6-8H,4-5H2,1-3H3. The molecular formula is C11H16ClN. The third-order valence-corrected chi connectivity index (χ3v) is 3.19. The minimum atomic E-state index is 0.243. The predicted octanol–water partition coefficient (Wildman–Crippen LogP) is 3.81. The first-order valence-electron chi connectivity index (χ1n) is 4.74. The highest BCUT2D eigenvalue weighted by molar-refractivity contribution is 6.29. The van der Waals surface area contributed by atoms with Gasteiger partial charge in [0.1, 0.15) is 5.15 Å². The summed E-state index contributed by atoms with van der Waals surface area (Å²) >= 11 is 5.85. The van der Waals surface area contributed by atoms with Gasteiger partial charge in [-0.2, -0.15) is 0 Å². The van der Waals surface area contributed by atoms with Crippen LogP contribution in [0.3, 0.4) is 0 Å². The second-order valence-electron chi connectivity index (χ2n) is 3.64. The summed E-state index contributed by atoms with van der Waals surface area (Å²) in [6.07, 6.45) is 4.04. The average molecular weight is 198 g/mol. The maximum atomic E-state index is 5.85. The molecule has 72 valence electrons. The molecule has 0 bridgehead atoms. The summed E-state index contributed by atoms with van der Waals surface area (Å²) < 4.78 is 0. The molecule has 0 unspecified atom stereocenters. The van der Waals surface area contributed by atoms with Crippen molar-refractivity contribution >= 4 is 11.6 Å². The third-order valence-electron chi connectivity index (χ3n) is 2.98. The molecule has 1 rings (SSSR count). The fourth-order valence-corrected chi connectivity index (χ4v) is 1.61. The van der Waals surface area contributed by atoms with Crippen LogP contribution in [0.4, 0.5) is 0 Å². The van der Waals surface area contributed by atoms with E-state index in [0.717, 1.165) is 12.8 Å². The molecule has 13 heavy (non-hydrogen) atoms. The maximum Gasteiger partial charge on any atom is 0.129 e. The van der Waals surface area contributed by atoms with E-state index in [1.165, 1.54) is 5.56 Å². The van der Waals surface area contributed by atoms with Gasteiger partial charge in [0.25, 0.3) is 0 Å². The second-order valence-corrected chi connectivity index (χ2v) is 4.02. The van der Waals surface area contributed by atoms with Gasteiger partial charge in [0.05, 0.1) is 0 Å². The fourth-order valence-electron chi connectivity index (χ4n) is 1.44. The summed E-state index contributed by atoms with van der Waals surface area (Å²) in [6, 6.07) is 4.02. The van der Waals surface area contributed by atoms with E-state index in [-0.39, 0.29) is 5.41 Å². The van der Waals surface area contributed by atoms with Crippen molar-refractivity contribution in [1.82, 2.24) is 4.98 Å². The number of halogens is 1. The van der Waals surface area contributed by atoms with Crippen molar-refractivity contribution in [3.8, 4) is 0 Å². The number of rotatable bonds is 3. The van der Waals surface area contributed by atoms with E-state index in [2.05, 4.69) is 31.8 Å². The van der Waals surface area contributed by atoms with Crippen LogP contribution in [0, 0.1) is 0 Å². The van der Waals surface area contributed by atoms with Gasteiger partial charge in [0, 0.05) is 6.20 Å². The van der Waals surface area contributed by atoms with E-state index >= 15 is 0 Å². The van der Waals surface area contributed by atoms with Crippen molar-refractivity contribution < 1.29 is 0 Å². The lowest BCUT2D eigenvalue weighted by molar-refractivity contribution is 0.438. The molecule has 0 saturated carbocycles. The largest absolute Gasteiger partial charge is 0.245 e. The summed E-state index contributed by atoms with van der Waals surface area (Å²) in [5.74, 6) is 0. The Morgan fingerprint density at radius 3 is 2.46 bits per heavy atom. The molecule has 1 aromatic heterocycles. The molecule has 0 aliphatic rings. The summed E-state index contributed by atoms with van der Waals surface area (Å²) in [7, 11) is 0. The average Bonchev–Trinajstić information content (AvgIpc) is 2.17. The highest BCUT2D eigenvalue weighted by Gasteiger charge is 2.22. The smallest absolute Gasteiger partial charge is 0.129 e. The van der Waals surface area contributed by atoms with Gasteiger partial charge in [0.2, 0.25) is 0 Å². The van der Waals surface area contributed by atoms with E-state index in [1.54, 1.807) is 6.20 Å². The molecule has 0 atom stereocenters. The van der Waals surface area contributed by atoms with Crippen LogP contribution >= 0.6 is 11.6 Å². The van der Waals surface area contributed by atoms with E-state index in [0.29, 0.717) is 5.15 Å². The number of hydrogen-bond donors (Lipinski definition) is 0. The van der Waals surface area contributed by atoms with Crippen molar-refractivity contribution in [3.63, 3.8) is 0 Å². The quantitative estimate of drug-likeness (QED) is 0.672. The van der Waals surface area contributed by atoms with Crippen LogP contribution in [0.2, 0.25) is 5.15 Å². The monoisotopic (exact) mass is 197 g/mol. The summed E-state index contributed by atoms with van der Waals surface area (Å²) in [6.45, 7) is 6.67. The van der Waals surface area contributed by atoms with Crippen LogP contribution < -0.4 is 0 Å². The van der Waals surface area contributed by atoms with Crippen molar-refractivity contribution in [1.29, 1.82) is 0 Å². The lowest BCUT2D eigenvalue weighted by Crippen LogP contribution is -2.19. The van der Waals surface area contributed by atoms with Gasteiger partial charge < -0.3 is 0 Å². The van der Waals surface area contributed by atoms with Crippen LogP contribution in [0.15, 0.2) is 18.3 Å². The molecule has 0 fully saturated rings. The zero-order valence-corrected chi connectivity index (χ0v) is 9.23. The first-order valence-corrected chi connectivity index (χ1v) is 5.12. The Kier molecular flexibility index (Phi) is 3.32. The maximum absolute atomic E-state index is 5.85. The molecule has 0 saturated heterocycles. The lowest BCUT2D eigenvalue weighted by atomic mass is 9.78. The van der Waals surface area contributed by atoms with Crippen LogP contribution in [0.1, 0.15) is 39.2 Å². The summed E-state index contributed by atoms with van der Waals surface area (Å²) in [5.41, 5.74) is 1.53. The molecule has 0 amide bonds. The highest BCUT2D eigenvalue weighted by atomic mass is 35.5. The molecule has 0 spiro atoms. The van der Waals surface area contributed by atoms with Gasteiger partial charge in [-0.3, -0.25) is 0 Å². The Bertz CT molecular complexity index is 279. The molecular weight excluding hydrogens is 182 g/mol. The molecule has 0 N–H and O–H groups in total. The zero-order chi connectivity index (χ0) is 9.90. The Labute approximate surface area is 85.1 Å². The normalized spacial score (nSPS) is 11.7. The Balaban J connectivity index is 3.05. The van der Waals surface area contributed by atoms with E-state index < -0.39 is 0 Å². The summed E-state index contributed by atoms with van der Waals surface area (Å²) in [4.78, 5) is 3.99. The zero-order valence-electron chi connectivity index (χ0n) is 8.47. The first-order chi connectivity index (χ1) is 6.12. The molecule has 0 aliphatic carbocycles. The van der Waals surface area contributed by atoms with Crippen LogP contribution in [0.25, 0.3) is 0 Å². The van der Waals surface area contributed by atoms with Crippen molar-refractivity contribution in [2.24, 2.45) is 0 Å². The fraction of sp³-hybridized carbons (Fsp3) is 0.545. The van der Waals surface area contributed by atoms with E-state index in [9.17, 15) is 0 Å². The molecule has 1 heterocycles. The molecule has 0 aliphatic heterocycles. The number of nitrogens with zero attached hydrogens (tertiary/aromatic N) is 1. The first kappa shape index (κ1) is 10.5. The van der Waals surface area contributed by atoms with Gasteiger partial charge in [-0.15, -0.1) is 0 Å². The van der Waals surface area contributed by atoms with Gasteiger partial charge in [-0.05, 0) is 36.0 Å². The molecule has 0 aromatic carbocycles. The van der Waals surface area contributed by atoms with Crippen molar-refractivity contribution in [2.45, 2.75) is 39.0 Å². The lowest BCUT2D eigenvalue weighted by Gasteiger charge is -2.27. The number of pyridine rings is 1. The Hall–Kier alpha value is -0.560. The van der Waals surface area contributed by atoms with Gasteiger partial charge >= 0.3 is 0 Å². The second kappa shape index (κ2) is 4.10. The highest BCUT2D eigenvalue weighted by Crippen LogP contribution is 2.31. The van der Waals surface area contributed by atoms with Gasteiger partial charge in [-0.1, -0.05) is 32.4 Å². The SMILES string of the molecule is CCC(C)(CC)c1ccnc(Cl)c1. The van der Waals surface area contributed by atoms with Crippen molar-refractivity contribution in [2.75, 3.05) is 0 Å². The molecule has 0 radical (unpaired) electrons. The minimum absolute atomic E-state index is 0.243. The summed E-state index contributed by atoms with van der Waals surface area (Å²) in [5, 5.41) is 0.589. The number of aromatic nitrogens is 1. The molecule has 2 heteroatoms. The van der Waals surface area contributed by atoms with Gasteiger partial charge in [-0.25, -0.2) is 4.98 Å². The Morgan fingerprint density at radius 1 is 1.38 bits per heavy atom.